The molecule has 5 heteroatoms. The van der Waals surface area contributed by atoms with Gasteiger partial charge < -0.3 is 5.32 Å². The van der Waals surface area contributed by atoms with Gasteiger partial charge in [0.1, 0.15) is 0 Å². The van der Waals surface area contributed by atoms with Crippen molar-refractivity contribution in [2.24, 2.45) is 0 Å². The Morgan fingerprint density at radius 3 is 2.23 bits per heavy atom. The molecular weight excluding hydrogens is 296 g/mol. The molecule has 116 valence electrons. The van der Waals surface area contributed by atoms with Crippen molar-refractivity contribution in [3.63, 3.8) is 0 Å². The Hall–Kier alpha value is -1.69. The molecule has 1 fully saturated rings. The van der Waals surface area contributed by atoms with Crippen molar-refractivity contribution in [3.8, 4) is 11.1 Å². The number of likely N-dealkylation sites (N-methyl/N-ethyl adjacent to an activating group) is 1. The second kappa shape index (κ2) is 6.20. The van der Waals surface area contributed by atoms with Crippen molar-refractivity contribution in [3.05, 3.63) is 54.6 Å². The van der Waals surface area contributed by atoms with Crippen molar-refractivity contribution in [2.75, 3.05) is 20.1 Å². The summed E-state index contributed by atoms with van der Waals surface area (Å²) < 4.78 is 26.8. The lowest BCUT2D eigenvalue weighted by Gasteiger charge is -2.16. The maximum Gasteiger partial charge on any atom is 0.243 e. The van der Waals surface area contributed by atoms with Gasteiger partial charge in [-0.15, -0.1) is 0 Å². The van der Waals surface area contributed by atoms with Crippen LogP contribution in [-0.2, 0) is 10.0 Å². The second-order valence-electron chi connectivity index (χ2n) is 5.53. The van der Waals surface area contributed by atoms with Crippen molar-refractivity contribution < 1.29 is 8.42 Å². The van der Waals surface area contributed by atoms with Gasteiger partial charge in [0.05, 0.1) is 4.90 Å². The summed E-state index contributed by atoms with van der Waals surface area (Å²) in [5.41, 5.74) is 2.11. The molecule has 0 radical (unpaired) electrons. The van der Waals surface area contributed by atoms with E-state index in [4.69, 9.17) is 0 Å². The SMILES string of the molecule is CNC1CCN(S(=O)(=O)c2ccc(-c3ccccc3)cc2)C1. The lowest BCUT2D eigenvalue weighted by Crippen LogP contribution is -2.33. The van der Waals surface area contributed by atoms with Crippen LogP contribution in [0.15, 0.2) is 59.5 Å². The molecule has 1 N–H and O–H groups in total. The number of nitrogens with zero attached hydrogens (tertiary/aromatic N) is 1. The van der Waals surface area contributed by atoms with E-state index >= 15 is 0 Å². The number of rotatable bonds is 4. The molecule has 1 heterocycles. The fraction of sp³-hybridized carbons (Fsp3) is 0.294. The van der Waals surface area contributed by atoms with E-state index in [1.54, 1.807) is 16.4 Å². The maximum absolute atomic E-state index is 12.6. The van der Waals surface area contributed by atoms with E-state index in [1.807, 2.05) is 49.5 Å². The summed E-state index contributed by atoms with van der Waals surface area (Å²) in [6.07, 6.45) is 0.859. The highest BCUT2D eigenvalue weighted by Gasteiger charge is 2.31. The maximum atomic E-state index is 12.6. The zero-order chi connectivity index (χ0) is 15.6. The number of hydrogen-bond donors (Lipinski definition) is 1. The summed E-state index contributed by atoms with van der Waals surface area (Å²) in [4.78, 5) is 0.365. The first kappa shape index (κ1) is 15.2. The summed E-state index contributed by atoms with van der Waals surface area (Å²) in [5.74, 6) is 0. The largest absolute Gasteiger partial charge is 0.316 e. The van der Waals surface area contributed by atoms with Crippen LogP contribution in [0.4, 0.5) is 0 Å². The molecule has 0 aliphatic carbocycles. The van der Waals surface area contributed by atoms with Gasteiger partial charge in [-0.05, 0) is 36.7 Å². The average Bonchev–Trinajstić information content (AvgIpc) is 3.06. The Balaban J connectivity index is 1.83. The zero-order valence-corrected chi connectivity index (χ0v) is 13.4. The van der Waals surface area contributed by atoms with Crippen molar-refractivity contribution in [1.29, 1.82) is 0 Å². The van der Waals surface area contributed by atoms with Gasteiger partial charge in [-0.25, -0.2) is 8.42 Å². The van der Waals surface area contributed by atoms with E-state index in [0.29, 0.717) is 18.0 Å². The van der Waals surface area contributed by atoms with Crippen LogP contribution >= 0.6 is 0 Å². The van der Waals surface area contributed by atoms with Gasteiger partial charge >= 0.3 is 0 Å². The average molecular weight is 316 g/mol. The molecule has 1 saturated heterocycles. The number of sulfonamides is 1. The molecule has 2 aromatic rings. The van der Waals surface area contributed by atoms with E-state index in [-0.39, 0.29) is 6.04 Å². The third-order valence-corrected chi connectivity index (χ3v) is 6.04. The van der Waals surface area contributed by atoms with Gasteiger partial charge in [-0.1, -0.05) is 42.5 Å². The third-order valence-electron chi connectivity index (χ3n) is 4.16. The topological polar surface area (TPSA) is 49.4 Å². The Bertz CT molecular complexity index is 727. The number of benzene rings is 2. The van der Waals surface area contributed by atoms with Gasteiger partial charge in [0.2, 0.25) is 10.0 Å². The smallest absolute Gasteiger partial charge is 0.243 e. The lowest BCUT2D eigenvalue weighted by molar-refractivity contribution is 0.464. The van der Waals surface area contributed by atoms with E-state index in [1.165, 1.54) is 0 Å². The standard InChI is InChI=1S/C17H20N2O2S/c1-18-16-11-12-19(13-16)22(20,21)17-9-7-15(8-10-17)14-5-3-2-4-6-14/h2-10,16,18H,11-13H2,1H3. The van der Waals surface area contributed by atoms with Gasteiger partial charge in [0.15, 0.2) is 0 Å². The van der Waals surface area contributed by atoms with Crippen LogP contribution in [0.25, 0.3) is 11.1 Å². The molecule has 1 atom stereocenters. The highest BCUT2D eigenvalue weighted by molar-refractivity contribution is 7.89. The molecule has 1 aliphatic rings. The fourth-order valence-corrected chi connectivity index (χ4v) is 4.28. The molecule has 0 aromatic heterocycles. The first-order chi connectivity index (χ1) is 10.6. The summed E-state index contributed by atoms with van der Waals surface area (Å²) >= 11 is 0. The summed E-state index contributed by atoms with van der Waals surface area (Å²) in [7, 11) is -1.52. The molecule has 22 heavy (non-hydrogen) atoms. The molecule has 1 unspecified atom stereocenters. The molecule has 3 rings (SSSR count). The zero-order valence-electron chi connectivity index (χ0n) is 12.6. The van der Waals surface area contributed by atoms with Crippen LogP contribution in [0.5, 0.6) is 0 Å². The lowest BCUT2D eigenvalue weighted by atomic mass is 10.1. The molecular formula is C17H20N2O2S. The predicted molar refractivity (Wildman–Crippen MR) is 88.1 cm³/mol. The van der Waals surface area contributed by atoms with Crippen LogP contribution < -0.4 is 5.32 Å². The quantitative estimate of drug-likeness (QED) is 0.942. The molecule has 0 spiro atoms. The number of nitrogens with one attached hydrogen (secondary N) is 1. The second-order valence-corrected chi connectivity index (χ2v) is 7.47. The minimum absolute atomic E-state index is 0.248. The van der Waals surface area contributed by atoms with Crippen LogP contribution in [-0.4, -0.2) is 38.9 Å². The Kier molecular flexibility index (Phi) is 4.29. The first-order valence-corrected chi connectivity index (χ1v) is 8.88. The monoisotopic (exact) mass is 316 g/mol. The normalized spacial score (nSPS) is 19.4. The van der Waals surface area contributed by atoms with E-state index in [2.05, 4.69) is 5.32 Å². The van der Waals surface area contributed by atoms with Crippen molar-refractivity contribution >= 4 is 10.0 Å². The Labute approximate surface area is 131 Å². The van der Waals surface area contributed by atoms with E-state index in [9.17, 15) is 8.42 Å². The molecule has 0 bridgehead atoms. The summed E-state index contributed by atoms with van der Waals surface area (Å²) in [6, 6.07) is 17.3. The minimum Gasteiger partial charge on any atom is -0.316 e. The minimum atomic E-state index is -3.39. The molecule has 1 aliphatic heterocycles. The van der Waals surface area contributed by atoms with E-state index < -0.39 is 10.0 Å². The molecule has 0 saturated carbocycles. The fourth-order valence-electron chi connectivity index (χ4n) is 2.78. The Morgan fingerprint density at radius 1 is 1.00 bits per heavy atom. The van der Waals surface area contributed by atoms with Gasteiger partial charge in [0, 0.05) is 19.1 Å². The number of hydrogen-bond acceptors (Lipinski definition) is 3. The van der Waals surface area contributed by atoms with Crippen LogP contribution in [0.3, 0.4) is 0 Å². The molecule has 0 amide bonds. The molecule has 2 aromatic carbocycles. The van der Waals surface area contributed by atoms with Crippen LogP contribution in [0.1, 0.15) is 6.42 Å². The first-order valence-electron chi connectivity index (χ1n) is 7.44. The van der Waals surface area contributed by atoms with Gasteiger partial charge in [-0.3, -0.25) is 0 Å². The predicted octanol–water partition coefficient (Wildman–Crippen LogP) is 2.34. The van der Waals surface area contributed by atoms with Gasteiger partial charge in [-0.2, -0.15) is 4.31 Å². The highest BCUT2D eigenvalue weighted by atomic mass is 32.2. The van der Waals surface area contributed by atoms with E-state index in [0.717, 1.165) is 17.5 Å². The van der Waals surface area contributed by atoms with Crippen LogP contribution in [0, 0.1) is 0 Å². The highest BCUT2D eigenvalue weighted by Crippen LogP contribution is 2.24. The summed E-state index contributed by atoms with van der Waals surface area (Å²) in [5, 5.41) is 3.14. The van der Waals surface area contributed by atoms with Crippen LogP contribution in [0.2, 0.25) is 0 Å². The van der Waals surface area contributed by atoms with Crippen molar-refractivity contribution in [2.45, 2.75) is 17.4 Å². The Morgan fingerprint density at radius 2 is 1.64 bits per heavy atom. The van der Waals surface area contributed by atoms with Gasteiger partial charge in [0.25, 0.3) is 0 Å². The molecule has 4 nitrogen and oxygen atoms in total. The van der Waals surface area contributed by atoms with Crippen molar-refractivity contribution in [1.82, 2.24) is 9.62 Å². The summed E-state index contributed by atoms with van der Waals surface area (Å²) in [6.45, 7) is 1.12. The third kappa shape index (κ3) is 2.92.